The van der Waals surface area contributed by atoms with Gasteiger partial charge in [0, 0.05) is 47.9 Å². The monoisotopic (exact) mass is 642 g/mol. The second kappa shape index (κ2) is 13.0. The third-order valence-electron chi connectivity index (χ3n) is 7.71. The minimum Gasteiger partial charge on any atom is -0.465 e. The second-order valence-corrected chi connectivity index (χ2v) is 12.7. The molecule has 3 aromatic carbocycles. The molecule has 0 saturated carbocycles. The Morgan fingerprint density at radius 1 is 1.02 bits per heavy atom. The molecule has 0 unspecified atom stereocenters. The first kappa shape index (κ1) is 30.7. The van der Waals surface area contributed by atoms with Crippen LogP contribution in [0.1, 0.15) is 24.0 Å². The van der Waals surface area contributed by atoms with Gasteiger partial charge in [-0.1, -0.05) is 54.6 Å². The molecule has 13 heteroatoms. The van der Waals surface area contributed by atoms with Crippen molar-refractivity contribution in [2.24, 2.45) is 0 Å². The van der Waals surface area contributed by atoms with Gasteiger partial charge in [-0.25, -0.2) is 32.6 Å². The van der Waals surface area contributed by atoms with Crippen LogP contribution >= 0.6 is 0 Å². The zero-order valence-corrected chi connectivity index (χ0v) is 25.7. The van der Waals surface area contributed by atoms with Crippen molar-refractivity contribution < 1.29 is 27.4 Å². The molecule has 0 radical (unpaired) electrons. The molecule has 1 amide bonds. The van der Waals surface area contributed by atoms with E-state index in [4.69, 9.17) is 4.74 Å². The number of hydrogen-bond donors (Lipinski definition) is 3. The standard InChI is InChI=1S/C33H31FN6O5S/c1-21-28(34)29(39-46(43,44)20-22-9-3-2-4-10-22)24-12-5-6-13-25(24)30(21)45-31-26(14-7-16-35-31)27-15-17-36-32(38-27)37-23-11-8-18-40(19-23)33(41)42/h2-7,9-10,12-17,23,39H,8,11,18-20H2,1H3,(H,41,42)(H,36,37,38)/t23-/m0/s1. The zero-order chi connectivity index (χ0) is 32.3. The van der Waals surface area contributed by atoms with Crippen molar-refractivity contribution >= 4 is 38.5 Å². The number of halogens is 1. The van der Waals surface area contributed by atoms with Gasteiger partial charge in [0.15, 0.2) is 5.82 Å². The van der Waals surface area contributed by atoms with E-state index < -0.39 is 21.9 Å². The maximum absolute atomic E-state index is 16.0. The lowest BCUT2D eigenvalue weighted by molar-refractivity contribution is 0.132. The van der Waals surface area contributed by atoms with Gasteiger partial charge in [-0.15, -0.1) is 0 Å². The molecule has 1 aliphatic heterocycles. The van der Waals surface area contributed by atoms with E-state index >= 15 is 4.39 Å². The number of pyridine rings is 1. The summed E-state index contributed by atoms with van der Waals surface area (Å²) >= 11 is 0. The Morgan fingerprint density at radius 3 is 2.57 bits per heavy atom. The predicted molar refractivity (Wildman–Crippen MR) is 173 cm³/mol. The first-order valence-corrected chi connectivity index (χ1v) is 16.3. The maximum Gasteiger partial charge on any atom is 0.407 e. The minimum absolute atomic E-state index is 0.0954. The lowest BCUT2D eigenvalue weighted by Crippen LogP contribution is -2.44. The van der Waals surface area contributed by atoms with Gasteiger partial charge in [-0.05, 0) is 43.5 Å². The zero-order valence-electron chi connectivity index (χ0n) is 24.9. The van der Waals surface area contributed by atoms with Crippen molar-refractivity contribution in [2.75, 3.05) is 23.1 Å². The summed E-state index contributed by atoms with van der Waals surface area (Å²) in [5.74, 6) is -0.414. The summed E-state index contributed by atoms with van der Waals surface area (Å²) in [5, 5.41) is 13.4. The first-order chi connectivity index (χ1) is 22.2. The van der Waals surface area contributed by atoms with Crippen LogP contribution in [0.25, 0.3) is 22.0 Å². The highest BCUT2D eigenvalue weighted by Crippen LogP contribution is 2.42. The molecule has 1 saturated heterocycles. The lowest BCUT2D eigenvalue weighted by Gasteiger charge is -2.31. The highest BCUT2D eigenvalue weighted by molar-refractivity contribution is 7.91. The number of aromatic nitrogens is 3. The number of fused-ring (bicyclic) bond motifs is 1. The Morgan fingerprint density at radius 2 is 1.78 bits per heavy atom. The van der Waals surface area contributed by atoms with E-state index in [1.54, 1.807) is 85.2 Å². The van der Waals surface area contributed by atoms with Crippen LogP contribution in [0.5, 0.6) is 11.6 Å². The highest BCUT2D eigenvalue weighted by Gasteiger charge is 2.25. The summed E-state index contributed by atoms with van der Waals surface area (Å²) in [5.41, 5.74) is 1.51. The molecule has 46 heavy (non-hydrogen) atoms. The normalized spacial score (nSPS) is 15.0. The van der Waals surface area contributed by atoms with Crippen molar-refractivity contribution in [3.05, 3.63) is 102 Å². The van der Waals surface area contributed by atoms with E-state index in [9.17, 15) is 18.3 Å². The second-order valence-electron chi connectivity index (χ2n) is 11.0. The Balaban J connectivity index is 1.31. The summed E-state index contributed by atoms with van der Waals surface area (Å²) < 4.78 is 51.0. The molecule has 236 valence electrons. The molecule has 6 rings (SSSR count). The summed E-state index contributed by atoms with van der Waals surface area (Å²) in [6.45, 7) is 2.33. The van der Waals surface area contributed by atoms with Crippen LogP contribution in [0, 0.1) is 12.7 Å². The Bertz CT molecular complexity index is 2010. The average Bonchev–Trinajstić information content (AvgIpc) is 3.06. The number of rotatable bonds is 9. The topological polar surface area (TPSA) is 147 Å². The summed E-state index contributed by atoms with van der Waals surface area (Å²) in [7, 11) is -3.95. The van der Waals surface area contributed by atoms with Crippen molar-refractivity contribution in [3.63, 3.8) is 0 Å². The number of benzene rings is 3. The maximum atomic E-state index is 16.0. The molecule has 5 aromatic rings. The number of carboxylic acid groups (broad SMARTS) is 1. The number of sulfonamides is 1. The van der Waals surface area contributed by atoms with Gasteiger partial charge < -0.3 is 20.1 Å². The van der Waals surface area contributed by atoms with Gasteiger partial charge >= 0.3 is 6.09 Å². The number of hydrogen-bond acceptors (Lipinski definition) is 8. The number of nitrogens with one attached hydrogen (secondary N) is 2. The third-order valence-corrected chi connectivity index (χ3v) is 8.94. The number of ether oxygens (including phenoxy) is 1. The summed E-state index contributed by atoms with van der Waals surface area (Å²) in [6.07, 6.45) is 3.66. The van der Waals surface area contributed by atoms with Crippen LogP contribution in [-0.2, 0) is 15.8 Å². The van der Waals surface area contributed by atoms with Gasteiger partial charge in [0.2, 0.25) is 21.9 Å². The number of anilines is 2. The van der Waals surface area contributed by atoms with Gasteiger partial charge in [0.05, 0.1) is 22.7 Å². The average molecular weight is 643 g/mol. The fraction of sp³-hybridized carbons (Fsp3) is 0.212. The molecule has 11 nitrogen and oxygen atoms in total. The van der Waals surface area contributed by atoms with E-state index in [-0.39, 0.29) is 34.7 Å². The van der Waals surface area contributed by atoms with Gasteiger partial charge in [0.1, 0.15) is 5.75 Å². The lowest BCUT2D eigenvalue weighted by atomic mass is 10.0. The number of likely N-dealkylation sites (tertiary alicyclic amines) is 1. The molecule has 3 heterocycles. The smallest absolute Gasteiger partial charge is 0.407 e. The molecule has 0 bridgehead atoms. The van der Waals surface area contributed by atoms with Gasteiger partial charge in [0.25, 0.3) is 0 Å². The number of carbonyl (C=O) groups is 1. The molecule has 3 N–H and O–H groups in total. The summed E-state index contributed by atoms with van der Waals surface area (Å²) in [4.78, 5) is 26.2. The Kier molecular flexibility index (Phi) is 8.66. The SMILES string of the molecule is Cc1c(F)c(NS(=O)(=O)Cc2ccccc2)c2ccccc2c1Oc1ncccc1-c1ccnc(N[C@H]2CCCN(C(=O)O)C2)n1. The Hall–Kier alpha value is -5.30. The first-order valence-electron chi connectivity index (χ1n) is 14.6. The molecule has 2 aromatic heterocycles. The number of piperidine rings is 1. The molecular weight excluding hydrogens is 611 g/mol. The van der Waals surface area contributed by atoms with E-state index in [0.717, 1.165) is 12.8 Å². The molecule has 0 aliphatic carbocycles. The van der Waals surface area contributed by atoms with Crippen LogP contribution in [0.4, 0.5) is 20.8 Å². The van der Waals surface area contributed by atoms with Crippen LogP contribution in [-0.4, -0.2) is 58.6 Å². The minimum atomic E-state index is -3.95. The van der Waals surface area contributed by atoms with Crippen LogP contribution in [0.2, 0.25) is 0 Å². The van der Waals surface area contributed by atoms with Crippen LogP contribution < -0.4 is 14.8 Å². The molecule has 0 spiro atoms. The van der Waals surface area contributed by atoms with E-state index in [1.165, 1.54) is 11.8 Å². The molecule has 1 fully saturated rings. The van der Waals surface area contributed by atoms with E-state index in [2.05, 4.69) is 25.0 Å². The van der Waals surface area contributed by atoms with Crippen molar-refractivity contribution in [1.82, 2.24) is 19.9 Å². The highest BCUT2D eigenvalue weighted by atomic mass is 32.2. The van der Waals surface area contributed by atoms with Crippen LogP contribution in [0.3, 0.4) is 0 Å². The van der Waals surface area contributed by atoms with Crippen LogP contribution in [0.15, 0.2) is 85.2 Å². The molecular formula is C33H31FN6O5S. The van der Waals surface area contributed by atoms with Crippen molar-refractivity contribution in [1.29, 1.82) is 0 Å². The quantitative estimate of drug-likeness (QED) is 0.166. The summed E-state index contributed by atoms with van der Waals surface area (Å²) in [6, 6.07) is 20.5. The van der Waals surface area contributed by atoms with Crippen molar-refractivity contribution in [3.8, 4) is 22.9 Å². The third kappa shape index (κ3) is 6.69. The molecule has 1 aliphatic rings. The largest absolute Gasteiger partial charge is 0.465 e. The van der Waals surface area contributed by atoms with Gasteiger partial charge in [-0.2, -0.15) is 0 Å². The fourth-order valence-corrected chi connectivity index (χ4v) is 6.73. The predicted octanol–water partition coefficient (Wildman–Crippen LogP) is 6.43. The Labute approximate surface area is 265 Å². The molecule has 1 atom stereocenters. The van der Waals surface area contributed by atoms with Crippen molar-refractivity contribution in [2.45, 2.75) is 31.6 Å². The van der Waals surface area contributed by atoms with Gasteiger partial charge in [-0.3, -0.25) is 4.72 Å². The number of nitrogens with zero attached hydrogens (tertiary/aromatic N) is 4. The van der Waals surface area contributed by atoms with E-state index in [0.29, 0.717) is 46.6 Å². The van der Waals surface area contributed by atoms with E-state index in [1.807, 2.05) is 0 Å². The number of amides is 1. The fourth-order valence-electron chi connectivity index (χ4n) is 5.52.